The number of benzene rings is 1. The lowest BCUT2D eigenvalue weighted by Crippen LogP contribution is -2.24. The third kappa shape index (κ3) is 3.00. The van der Waals surface area contributed by atoms with E-state index in [0.717, 1.165) is 31.2 Å². The topological polar surface area (TPSA) is 23.8 Å². The van der Waals surface area contributed by atoms with Crippen LogP contribution < -0.4 is 0 Å². The van der Waals surface area contributed by atoms with Gasteiger partial charge in [0.05, 0.1) is 11.5 Å². The Hall–Kier alpha value is -1.00. The van der Waals surface area contributed by atoms with Crippen LogP contribution in [0.4, 0.5) is 0 Å². The summed E-state index contributed by atoms with van der Waals surface area (Å²) >= 11 is 5.84. The normalized spacial score (nSPS) is 14.1. The molecule has 1 atom stereocenters. The molecule has 0 aliphatic heterocycles. The van der Waals surface area contributed by atoms with E-state index in [1.807, 2.05) is 30.3 Å². The molecule has 0 heterocycles. The van der Waals surface area contributed by atoms with Gasteiger partial charge < -0.3 is 0 Å². The third-order valence-corrected chi connectivity index (χ3v) is 3.21. The largest absolute Gasteiger partial charge is 0.197 e. The predicted octanol–water partition coefficient (Wildman–Crippen LogP) is 4.27. The van der Waals surface area contributed by atoms with E-state index in [1.165, 1.54) is 0 Å². The predicted molar refractivity (Wildman–Crippen MR) is 68.6 cm³/mol. The summed E-state index contributed by atoms with van der Waals surface area (Å²) in [6.45, 7) is 2.15. The van der Waals surface area contributed by atoms with Gasteiger partial charge in [0.2, 0.25) is 0 Å². The molecule has 1 aromatic carbocycles. The Balaban J connectivity index is 2.98. The van der Waals surface area contributed by atoms with E-state index in [9.17, 15) is 5.26 Å². The molecule has 0 fully saturated rings. The molecule has 0 radical (unpaired) electrons. The second-order valence-electron chi connectivity index (χ2n) is 4.10. The highest BCUT2D eigenvalue weighted by molar-refractivity contribution is 6.17. The highest BCUT2D eigenvalue weighted by Crippen LogP contribution is 2.33. The number of nitrogens with zero attached hydrogens (tertiary/aromatic N) is 1. The molecule has 0 amide bonds. The van der Waals surface area contributed by atoms with Crippen molar-refractivity contribution < 1.29 is 0 Å². The van der Waals surface area contributed by atoms with Crippen LogP contribution in [-0.2, 0) is 5.41 Å². The van der Waals surface area contributed by atoms with Gasteiger partial charge >= 0.3 is 0 Å². The molecule has 1 rings (SSSR count). The molecular weight excluding hydrogens is 218 g/mol. The molecule has 1 nitrogen and oxygen atoms in total. The smallest absolute Gasteiger partial charge is 0.0833 e. The molecule has 0 N–H and O–H groups in total. The molecule has 0 spiro atoms. The van der Waals surface area contributed by atoms with Gasteiger partial charge in [-0.05, 0) is 18.4 Å². The second kappa shape index (κ2) is 6.55. The lowest BCUT2D eigenvalue weighted by molar-refractivity contribution is 0.467. The van der Waals surface area contributed by atoms with Crippen LogP contribution in [-0.4, -0.2) is 5.88 Å². The lowest BCUT2D eigenvalue weighted by atomic mass is 9.75. The van der Waals surface area contributed by atoms with Gasteiger partial charge in [0.25, 0.3) is 0 Å². The van der Waals surface area contributed by atoms with Gasteiger partial charge in [-0.3, -0.25) is 0 Å². The highest BCUT2D eigenvalue weighted by Gasteiger charge is 2.30. The van der Waals surface area contributed by atoms with Crippen molar-refractivity contribution in [3.05, 3.63) is 35.9 Å². The Morgan fingerprint density at radius 2 is 1.94 bits per heavy atom. The summed E-state index contributed by atoms with van der Waals surface area (Å²) < 4.78 is 0. The van der Waals surface area contributed by atoms with E-state index in [2.05, 4.69) is 13.0 Å². The van der Waals surface area contributed by atoms with Gasteiger partial charge in [-0.1, -0.05) is 50.1 Å². The molecule has 0 bridgehead atoms. The maximum absolute atomic E-state index is 9.48. The Morgan fingerprint density at radius 1 is 1.25 bits per heavy atom. The Bertz CT molecular complexity index is 342. The minimum absolute atomic E-state index is 0.390. The van der Waals surface area contributed by atoms with Gasteiger partial charge in [-0.25, -0.2) is 0 Å². The van der Waals surface area contributed by atoms with Crippen molar-refractivity contribution in [2.75, 3.05) is 5.88 Å². The van der Waals surface area contributed by atoms with Crippen molar-refractivity contribution in [1.29, 1.82) is 5.26 Å². The summed E-state index contributed by atoms with van der Waals surface area (Å²) in [5.41, 5.74) is 0.713. The van der Waals surface area contributed by atoms with Gasteiger partial charge in [-0.2, -0.15) is 5.26 Å². The number of unbranched alkanes of at least 4 members (excludes halogenated alkanes) is 1. The molecule has 86 valence electrons. The molecule has 16 heavy (non-hydrogen) atoms. The van der Waals surface area contributed by atoms with Gasteiger partial charge in [-0.15, -0.1) is 11.6 Å². The maximum Gasteiger partial charge on any atom is 0.0833 e. The second-order valence-corrected chi connectivity index (χ2v) is 4.48. The number of rotatable bonds is 6. The monoisotopic (exact) mass is 235 g/mol. The van der Waals surface area contributed by atoms with Gasteiger partial charge in [0.1, 0.15) is 0 Å². The SMILES string of the molecule is CCCCC(C#N)(CCCl)c1ccccc1. The number of halogens is 1. The van der Waals surface area contributed by atoms with Crippen LogP contribution >= 0.6 is 11.6 Å². The molecule has 1 aromatic rings. The average molecular weight is 236 g/mol. The van der Waals surface area contributed by atoms with E-state index in [0.29, 0.717) is 5.88 Å². The van der Waals surface area contributed by atoms with E-state index < -0.39 is 0 Å². The first-order valence-corrected chi connectivity index (χ1v) is 6.35. The average Bonchev–Trinajstić information content (AvgIpc) is 2.36. The molecule has 1 unspecified atom stereocenters. The standard InChI is InChI=1S/C14H18ClN/c1-2-3-9-14(12-16,10-11-15)13-7-5-4-6-8-13/h4-8H,2-3,9-11H2,1H3. The number of hydrogen-bond donors (Lipinski definition) is 0. The van der Waals surface area contributed by atoms with E-state index in [1.54, 1.807) is 0 Å². The van der Waals surface area contributed by atoms with Crippen LogP contribution in [0.3, 0.4) is 0 Å². The van der Waals surface area contributed by atoms with Crippen LogP contribution in [0, 0.1) is 11.3 Å². The first kappa shape index (κ1) is 13.1. The fraction of sp³-hybridized carbons (Fsp3) is 0.500. The first-order chi connectivity index (χ1) is 7.79. The highest BCUT2D eigenvalue weighted by atomic mass is 35.5. The van der Waals surface area contributed by atoms with Crippen molar-refractivity contribution in [3.63, 3.8) is 0 Å². The number of alkyl halides is 1. The van der Waals surface area contributed by atoms with Crippen LogP contribution in [0.1, 0.15) is 38.2 Å². The van der Waals surface area contributed by atoms with E-state index >= 15 is 0 Å². The molecule has 0 saturated carbocycles. The fourth-order valence-electron chi connectivity index (χ4n) is 1.99. The minimum Gasteiger partial charge on any atom is -0.197 e. The molecule has 0 aliphatic carbocycles. The molecule has 0 aromatic heterocycles. The van der Waals surface area contributed by atoms with Crippen molar-refractivity contribution in [2.45, 2.75) is 38.0 Å². The van der Waals surface area contributed by atoms with Crippen LogP contribution in [0.5, 0.6) is 0 Å². The third-order valence-electron chi connectivity index (χ3n) is 3.02. The van der Waals surface area contributed by atoms with Crippen molar-refractivity contribution in [3.8, 4) is 6.07 Å². The summed E-state index contributed by atoms with van der Waals surface area (Å²) in [5, 5.41) is 9.48. The van der Waals surface area contributed by atoms with Gasteiger partial charge in [0.15, 0.2) is 0 Å². The Morgan fingerprint density at radius 3 is 2.44 bits per heavy atom. The summed E-state index contributed by atoms with van der Waals surface area (Å²) in [5.74, 6) is 0.534. The number of nitriles is 1. The zero-order valence-corrected chi connectivity index (χ0v) is 10.5. The van der Waals surface area contributed by atoms with Crippen LogP contribution in [0.2, 0.25) is 0 Å². The molecule has 0 saturated heterocycles. The zero-order chi connectivity index (χ0) is 11.9. The summed E-state index contributed by atoms with van der Waals surface area (Å²) in [7, 11) is 0. The summed E-state index contributed by atoms with van der Waals surface area (Å²) in [6, 6.07) is 12.5. The lowest BCUT2D eigenvalue weighted by Gasteiger charge is -2.26. The van der Waals surface area contributed by atoms with Crippen molar-refractivity contribution in [1.82, 2.24) is 0 Å². The van der Waals surface area contributed by atoms with Gasteiger partial charge in [0, 0.05) is 5.88 Å². The summed E-state index contributed by atoms with van der Waals surface area (Å²) in [4.78, 5) is 0. The van der Waals surface area contributed by atoms with Crippen molar-refractivity contribution in [2.24, 2.45) is 0 Å². The zero-order valence-electron chi connectivity index (χ0n) is 9.75. The van der Waals surface area contributed by atoms with E-state index in [-0.39, 0.29) is 5.41 Å². The molecule has 2 heteroatoms. The molecule has 0 aliphatic rings. The molecular formula is C14H18ClN. The fourth-order valence-corrected chi connectivity index (χ4v) is 2.31. The van der Waals surface area contributed by atoms with Crippen molar-refractivity contribution >= 4 is 11.6 Å². The minimum atomic E-state index is -0.390. The Labute approximate surface area is 103 Å². The quantitative estimate of drug-likeness (QED) is 0.676. The Kier molecular flexibility index (Phi) is 5.35. The van der Waals surface area contributed by atoms with Crippen LogP contribution in [0.25, 0.3) is 0 Å². The first-order valence-electron chi connectivity index (χ1n) is 5.82. The van der Waals surface area contributed by atoms with E-state index in [4.69, 9.17) is 11.6 Å². The van der Waals surface area contributed by atoms with Crippen LogP contribution in [0.15, 0.2) is 30.3 Å². The maximum atomic E-state index is 9.48. The summed E-state index contributed by atoms with van der Waals surface area (Å²) in [6.07, 6.45) is 3.81. The number of hydrogen-bond acceptors (Lipinski definition) is 1.